The minimum Gasteiger partial charge on any atom is -0.379 e. The monoisotopic (exact) mass is 264 g/mol. The van der Waals surface area contributed by atoms with Gasteiger partial charge in [0.1, 0.15) is 11.4 Å². The lowest BCUT2D eigenvalue weighted by Gasteiger charge is -2.08. The fourth-order valence-corrected chi connectivity index (χ4v) is 2.15. The SMILES string of the molecule is Cc1ccccc1NCc1n[nH]nc1-c1ccccc1. The van der Waals surface area contributed by atoms with Gasteiger partial charge in [-0.1, -0.05) is 48.5 Å². The Morgan fingerprint density at radius 1 is 0.950 bits per heavy atom. The lowest BCUT2D eigenvalue weighted by atomic mass is 10.1. The van der Waals surface area contributed by atoms with Gasteiger partial charge in [0.05, 0.1) is 6.54 Å². The van der Waals surface area contributed by atoms with Gasteiger partial charge in [0.15, 0.2) is 0 Å². The zero-order chi connectivity index (χ0) is 13.8. The number of nitrogens with one attached hydrogen (secondary N) is 2. The van der Waals surface area contributed by atoms with Crippen molar-refractivity contribution in [3.63, 3.8) is 0 Å². The van der Waals surface area contributed by atoms with Gasteiger partial charge in [0.25, 0.3) is 0 Å². The Morgan fingerprint density at radius 3 is 2.50 bits per heavy atom. The van der Waals surface area contributed by atoms with Crippen molar-refractivity contribution in [2.75, 3.05) is 5.32 Å². The van der Waals surface area contributed by atoms with Gasteiger partial charge in [-0.2, -0.15) is 15.4 Å². The van der Waals surface area contributed by atoms with Crippen LogP contribution in [0.15, 0.2) is 54.6 Å². The molecule has 20 heavy (non-hydrogen) atoms. The molecule has 0 atom stereocenters. The summed E-state index contributed by atoms with van der Waals surface area (Å²) < 4.78 is 0. The molecule has 1 aromatic heterocycles. The van der Waals surface area contributed by atoms with Crippen molar-refractivity contribution in [3.8, 4) is 11.3 Å². The van der Waals surface area contributed by atoms with Crippen LogP contribution < -0.4 is 5.32 Å². The summed E-state index contributed by atoms with van der Waals surface area (Å²) in [5.41, 5.74) is 5.22. The van der Waals surface area contributed by atoms with Gasteiger partial charge in [-0.05, 0) is 18.6 Å². The van der Waals surface area contributed by atoms with Gasteiger partial charge >= 0.3 is 0 Å². The molecule has 2 aromatic carbocycles. The number of anilines is 1. The summed E-state index contributed by atoms with van der Waals surface area (Å²) in [4.78, 5) is 0. The minimum absolute atomic E-state index is 0.644. The fourth-order valence-electron chi connectivity index (χ4n) is 2.15. The standard InChI is InChI=1S/C16H16N4/c1-12-7-5-6-10-14(12)17-11-15-16(19-20-18-15)13-8-3-2-4-9-13/h2-10,17H,11H2,1H3,(H,18,19,20). The lowest BCUT2D eigenvalue weighted by Crippen LogP contribution is -2.02. The summed E-state index contributed by atoms with van der Waals surface area (Å²) >= 11 is 0. The highest BCUT2D eigenvalue weighted by Crippen LogP contribution is 2.20. The largest absolute Gasteiger partial charge is 0.379 e. The number of benzene rings is 2. The van der Waals surface area contributed by atoms with Crippen molar-refractivity contribution in [2.24, 2.45) is 0 Å². The predicted molar refractivity (Wildman–Crippen MR) is 80.3 cm³/mol. The first kappa shape index (κ1) is 12.4. The molecule has 4 nitrogen and oxygen atoms in total. The average molecular weight is 264 g/mol. The first-order valence-electron chi connectivity index (χ1n) is 6.59. The third kappa shape index (κ3) is 2.54. The summed E-state index contributed by atoms with van der Waals surface area (Å²) in [5.74, 6) is 0. The smallest absolute Gasteiger partial charge is 0.117 e. The molecular formula is C16H16N4. The Labute approximate surface area is 117 Å². The van der Waals surface area contributed by atoms with Crippen LogP contribution in [0.4, 0.5) is 5.69 Å². The van der Waals surface area contributed by atoms with E-state index >= 15 is 0 Å². The number of aryl methyl sites for hydroxylation is 1. The molecule has 4 heteroatoms. The van der Waals surface area contributed by atoms with Crippen molar-refractivity contribution >= 4 is 5.69 Å². The zero-order valence-corrected chi connectivity index (χ0v) is 11.3. The first-order valence-corrected chi connectivity index (χ1v) is 6.59. The molecule has 3 rings (SSSR count). The Hall–Kier alpha value is -2.62. The van der Waals surface area contributed by atoms with Crippen molar-refractivity contribution in [2.45, 2.75) is 13.5 Å². The summed E-state index contributed by atoms with van der Waals surface area (Å²) in [6, 6.07) is 18.3. The number of hydrogen-bond acceptors (Lipinski definition) is 3. The molecule has 0 aliphatic rings. The molecule has 0 spiro atoms. The minimum atomic E-state index is 0.644. The van der Waals surface area contributed by atoms with Crippen molar-refractivity contribution in [1.29, 1.82) is 0 Å². The van der Waals surface area contributed by atoms with E-state index < -0.39 is 0 Å². The number of para-hydroxylation sites is 1. The van der Waals surface area contributed by atoms with Gasteiger partial charge in [-0.3, -0.25) is 0 Å². The highest BCUT2D eigenvalue weighted by atomic mass is 15.3. The van der Waals surface area contributed by atoms with Crippen molar-refractivity contribution in [3.05, 3.63) is 65.9 Å². The molecule has 0 saturated carbocycles. The number of aromatic amines is 1. The lowest BCUT2D eigenvalue weighted by molar-refractivity contribution is 0.911. The summed E-state index contributed by atoms with van der Waals surface area (Å²) in [6.45, 7) is 2.73. The van der Waals surface area contributed by atoms with E-state index in [2.05, 4.69) is 39.8 Å². The van der Waals surface area contributed by atoms with E-state index in [0.29, 0.717) is 6.54 Å². The number of aromatic nitrogens is 3. The number of rotatable bonds is 4. The van der Waals surface area contributed by atoms with Crippen LogP contribution in [0.5, 0.6) is 0 Å². The molecule has 100 valence electrons. The van der Waals surface area contributed by atoms with Crippen LogP contribution in [0.1, 0.15) is 11.3 Å². The maximum absolute atomic E-state index is 4.25. The van der Waals surface area contributed by atoms with Crippen LogP contribution in [-0.2, 0) is 6.54 Å². The van der Waals surface area contributed by atoms with Gasteiger partial charge in [0, 0.05) is 11.3 Å². The van der Waals surface area contributed by atoms with Crippen LogP contribution in [-0.4, -0.2) is 15.4 Å². The van der Waals surface area contributed by atoms with E-state index in [1.54, 1.807) is 0 Å². The second-order valence-corrected chi connectivity index (χ2v) is 4.65. The van der Waals surface area contributed by atoms with Crippen LogP contribution >= 0.6 is 0 Å². The Bertz CT molecular complexity index is 688. The summed E-state index contributed by atoms with van der Waals surface area (Å²) in [7, 11) is 0. The summed E-state index contributed by atoms with van der Waals surface area (Å²) in [6.07, 6.45) is 0. The maximum Gasteiger partial charge on any atom is 0.117 e. The van der Waals surface area contributed by atoms with Gasteiger partial charge in [-0.25, -0.2) is 0 Å². The third-order valence-electron chi connectivity index (χ3n) is 3.26. The number of nitrogens with zero attached hydrogens (tertiary/aromatic N) is 2. The molecule has 2 N–H and O–H groups in total. The van der Waals surface area contributed by atoms with Crippen LogP contribution in [0, 0.1) is 6.92 Å². The quantitative estimate of drug-likeness (QED) is 0.759. The second-order valence-electron chi connectivity index (χ2n) is 4.65. The summed E-state index contributed by atoms with van der Waals surface area (Å²) in [5, 5.41) is 14.6. The van der Waals surface area contributed by atoms with Crippen LogP contribution in [0.25, 0.3) is 11.3 Å². The van der Waals surface area contributed by atoms with Crippen molar-refractivity contribution < 1.29 is 0 Å². The Morgan fingerprint density at radius 2 is 1.70 bits per heavy atom. The zero-order valence-electron chi connectivity index (χ0n) is 11.3. The number of H-pyrrole nitrogens is 1. The molecule has 0 aliphatic heterocycles. The van der Waals surface area contributed by atoms with E-state index in [1.807, 2.05) is 42.5 Å². The third-order valence-corrected chi connectivity index (χ3v) is 3.26. The van der Waals surface area contributed by atoms with Crippen LogP contribution in [0.2, 0.25) is 0 Å². The van der Waals surface area contributed by atoms with E-state index in [9.17, 15) is 0 Å². The highest BCUT2D eigenvalue weighted by molar-refractivity contribution is 5.61. The fraction of sp³-hybridized carbons (Fsp3) is 0.125. The van der Waals surface area contributed by atoms with E-state index in [4.69, 9.17) is 0 Å². The first-order chi connectivity index (χ1) is 9.84. The van der Waals surface area contributed by atoms with E-state index in [0.717, 1.165) is 22.6 Å². The van der Waals surface area contributed by atoms with E-state index in [1.165, 1.54) is 5.56 Å². The normalized spacial score (nSPS) is 10.4. The van der Waals surface area contributed by atoms with Gasteiger partial charge in [0.2, 0.25) is 0 Å². The molecular weight excluding hydrogens is 248 g/mol. The van der Waals surface area contributed by atoms with E-state index in [-0.39, 0.29) is 0 Å². The molecule has 0 unspecified atom stereocenters. The molecule has 0 aliphatic carbocycles. The molecule has 0 amide bonds. The number of hydrogen-bond donors (Lipinski definition) is 2. The molecule has 0 saturated heterocycles. The molecule has 1 heterocycles. The average Bonchev–Trinajstić information content (AvgIpc) is 2.96. The molecule has 3 aromatic rings. The highest BCUT2D eigenvalue weighted by Gasteiger charge is 2.09. The predicted octanol–water partition coefficient (Wildman–Crippen LogP) is 3.39. The Kier molecular flexibility index (Phi) is 3.46. The van der Waals surface area contributed by atoms with Crippen LogP contribution in [0.3, 0.4) is 0 Å². The molecule has 0 fully saturated rings. The van der Waals surface area contributed by atoms with Gasteiger partial charge in [-0.15, -0.1) is 0 Å². The van der Waals surface area contributed by atoms with Crippen molar-refractivity contribution in [1.82, 2.24) is 15.4 Å². The molecule has 0 radical (unpaired) electrons. The topological polar surface area (TPSA) is 53.6 Å². The van der Waals surface area contributed by atoms with Gasteiger partial charge < -0.3 is 5.32 Å². The maximum atomic E-state index is 4.25. The Balaban J connectivity index is 1.80. The second kappa shape index (κ2) is 5.57. The molecule has 0 bridgehead atoms.